The molecule has 2 aliphatic heterocycles. The fourth-order valence-corrected chi connectivity index (χ4v) is 6.02. The number of aliphatic hydroxyl groups is 1. The predicted octanol–water partition coefficient (Wildman–Crippen LogP) is 2.28. The summed E-state index contributed by atoms with van der Waals surface area (Å²) >= 11 is 0. The van der Waals surface area contributed by atoms with E-state index in [1.807, 2.05) is 24.1 Å². The van der Waals surface area contributed by atoms with E-state index in [2.05, 4.69) is 15.6 Å². The maximum Gasteiger partial charge on any atom is 0.273 e. The molecule has 2 aromatic heterocycles. The number of carbonyl (C=O) groups is 2. The topological polar surface area (TPSA) is 97.1 Å². The Balaban J connectivity index is 1.65. The van der Waals surface area contributed by atoms with Gasteiger partial charge in [-0.3, -0.25) is 14.6 Å². The summed E-state index contributed by atoms with van der Waals surface area (Å²) < 4.78 is 12.6. The molecule has 2 amide bonds. The number of hydrogen-bond acceptors (Lipinski definition) is 6. The highest BCUT2D eigenvalue weighted by Crippen LogP contribution is 2.50. The number of likely N-dealkylation sites (tertiary alicyclic amines) is 1. The number of amides is 2. The lowest BCUT2D eigenvalue weighted by molar-refractivity contribution is -0.137. The molecule has 0 aliphatic carbocycles. The van der Waals surface area contributed by atoms with Crippen molar-refractivity contribution in [2.75, 3.05) is 47.1 Å². The minimum absolute atomic E-state index is 0.0271. The van der Waals surface area contributed by atoms with Crippen LogP contribution in [0.15, 0.2) is 42.6 Å². The van der Waals surface area contributed by atoms with E-state index in [1.165, 1.54) is 7.11 Å². The Hall–Kier alpha value is -3.43. The van der Waals surface area contributed by atoms with Gasteiger partial charge in [0.05, 0.1) is 25.3 Å². The van der Waals surface area contributed by atoms with Crippen molar-refractivity contribution in [2.24, 2.45) is 7.05 Å². The molecule has 190 valence electrons. The van der Waals surface area contributed by atoms with Gasteiger partial charge < -0.3 is 28.9 Å². The van der Waals surface area contributed by atoms with Gasteiger partial charge in [-0.2, -0.15) is 0 Å². The standard InChI is InChI=1S/C27H32N4O5/c1-29-21-14-18(36-3)7-8-19(21)24-25(29)22(15-32)31(26(34)20-6-4-5-11-28-20)17-27(24)9-12-30(13-10-27)23(33)16-35-2/h4-8,11,14,22,32H,9-10,12-13,15-17H2,1-3H3/t22-/m0/s1. The fraction of sp³-hybridized carbons (Fsp3) is 0.444. The summed E-state index contributed by atoms with van der Waals surface area (Å²) in [5.74, 6) is 0.512. The first-order chi connectivity index (χ1) is 17.4. The zero-order valence-corrected chi connectivity index (χ0v) is 20.9. The molecule has 3 aromatic rings. The summed E-state index contributed by atoms with van der Waals surface area (Å²) in [5.41, 5.74) is 3.05. The number of carbonyl (C=O) groups excluding carboxylic acids is 2. The van der Waals surface area contributed by atoms with Crippen LogP contribution in [0.5, 0.6) is 5.75 Å². The van der Waals surface area contributed by atoms with Gasteiger partial charge in [-0.1, -0.05) is 6.07 Å². The van der Waals surface area contributed by atoms with Crippen molar-refractivity contribution >= 4 is 22.7 Å². The summed E-state index contributed by atoms with van der Waals surface area (Å²) in [6.07, 6.45) is 3.00. The van der Waals surface area contributed by atoms with Crippen LogP contribution in [0.25, 0.3) is 10.9 Å². The van der Waals surface area contributed by atoms with Gasteiger partial charge in [-0.25, -0.2) is 0 Å². The van der Waals surface area contributed by atoms with Crippen LogP contribution in [0.1, 0.15) is 40.6 Å². The van der Waals surface area contributed by atoms with Crippen LogP contribution in [0, 0.1) is 0 Å². The second kappa shape index (κ2) is 9.55. The molecule has 0 unspecified atom stereocenters. The number of ether oxygens (including phenoxy) is 2. The number of piperidine rings is 1. The fourth-order valence-electron chi connectivity index (χ4n) is 6.02. The number of nitrogens with zero attached hydrogens (tertiary/aromatic N) is 4. The van der Waals surface area contributed by atoms with Gasteiger partial charge >= 0.3 is 0 Å². The Kier molecular flexibility index (Phi) is 6.44. The summed E-state index contributed by atoms with van der Waals surface area (Å²) in [6, 6.07) is 10.8. The normalized spacial score (nSPS) is 18.9. The van der Waals surface area contributed by atoms with Crippen molar-refractivity contribution in [3.8, 4) is 5.75 Å². The highest BCUT2D eigenvalue weighted by Gasteiger charge is 2.50. The molecular formula is C27H32N4O5. The highest BCUT2D eigenvalue weighted by molar-refractivity contribution is 5.94. The first kappa shape index (κ1) is 24.3. The zero-order chi connectivity index (χ0) is 25.4. The van der Waals surface area contributed by atoms with Crippen LogP contribution in [0.3, 0.4) is 0 Å². The number of aliphatic hydroxyl groups excluding tert-OH is 1. The first-order valence-electron chi connectivity index (χ1n) is 12.2. The molecule has 1 spiro atoms. The van der Waals surface area contributed by atoms with Gasteiger partial charge in [0.2, 0.25) is 5.91 Å². The number of hydrogen-bond donors (Lipinski definition) is 1. The maximum absolute atomic E-state index is 13.7. The third kappa shape index (κ3) is 3.83. The second-order valence-electron chi connectivity index (χ2n) is 9.64. The minimum Gasteiger partial charge on any atom is -0.497 e. The molecule has 1 atom stereocenters. The molecule has 0 saturated carbocycles. The van der Waals surface area contributed by atoms with E-state index in [1.54, 1.807) is 36.4 Å². The number of methoxy groups -OCH3 is 2. The molecule has 1 aromatic carbocycles. The van der Waals surface area contributed by atoms with Crippen LogP contribution in [0.2, 0.25) is 0 Å². The van der Waals surface area contributed by atoms with E-state index in [0.717, 1.165) is 27.9 Å². The molecule has 1 fully saturated rings. The molecule has 0 radical (unpaired) electrons. The molecule has 5 rings (SSSR count). The number of aromatic nitrogens is 2. The van der Waals surface area contributed by atoms with Crippen LogP contribution in [-0.4, -0.2) is 83.3 Å². The van der Waals surface area contributed by atoms with Crippen molar-refractivity contribution in [2.45, 2.75) is 24.3 Å². The molecule has 4 heterocycles. The van der Waals surface area contributed by atoms with Gasteiger partial charge in [-0.15, -0.1) is 0 Å². The van der Waals surface area contributed by atoms with Crippen LogP contribution < -0.4 is 4.74 Å². The Labute approximate surface area is 210 Å². The third-order valence-electron chi connectivity index (χ3n) is 7.81. The van der Waals surface area contributed by atoms with Gasteiger partial charge in [0.1, 0.15) is 18.1 Å². The summed E-state index contributed by atoms with van der Waals surface area (Å²) in [4.78, 5) is 34.2. The summed E-state index contributed by atoms with van der Waals surface area (Å²) in [6.45, 7) is 1.44. The van der Waals surface area contributed by atoms with E-state index in [-0.39, 0.29) is 30.4 Å². The quantitative estimate of drug-likeness (QED) is 0.587. The van der Waals surface area contributed by atoms with Gasteiger partial charge in [0.15, 0.2) is 0 Å². The largest absolute Gasteiger partial charge is 0.497 e. The van der Waals surface area contributed by atoms with Crippen molar-refractivity contribution in [1.29, 1.82) is 0 Å². The van der Waals surface area contributed by atoms with Gasteiger partial charge in [-0.05, 0) is 42.7 Å². The second-order valence-corrected chi connectivity index (χ2v) is 9.64. The van der Waals surface area contributed by atoms with E-state index in [4.69, 9.17) is 9.47 Å². The average molecular weight is 493 g/mol. The molecular weight excluding hydrogens is 460 g/mol. The van der Waals surface area contributed by atoms with E-state index >= 15 is 0 Å². The minimum atomic E-state index is -0.517. The summed E-state index contributed by atoms with van der Waals surface area (Å²) in [5, 5.41) is 11.7. The Morgan fingerprint density at radius 2 is 1.94 bits per heavy atom. The lowest BCUT2D eigenvalue weighted by Gasteiger charge is -2.50. The molecule has 1 saturated heterocycles. The first-order valence-corrected chi connectivity index (χ1v) is 12.2. The van der Waals surface area contributed by atoms with E-state index < -0.39 is 6.04 Å². The number of aryl methyl sites for hydroxylation is 1. The van der Waals surface area contributed by atoms with Crippen molar-refractivity contribution in [1.82, 2.24) is 19.4 Å². The van der Waals surface area contributed by atoms with Crippen LogP contribution in [0.4, 0.5) is 0 Å². The van der Waals surface area contributed by atoms with Gasteiger partial charge in [0.25, 0.3) is 5.91 Å². The van der Waals surface area contributed by atoms with Crippen molar-refractivity contribution in [3.05, 3.63) is 59.5 Å². The lowest BCUT2D eigenvalue weighted by atomic mass is 9.68. The van der Waals surface area contributed by atoms with Crippen LogP contribution >= 0.6 is 0 Å². The van der Waals surface area contributed by atoms with E-state index in [9.17, 15) is 14.7 Å². The third-order valence-corrected chi connectivity index (χ3v) is 7.81. The zero-order valence-electron chi connectivity index (χ0n) is 20.9. The van der Waals surface area contributed by atoms with Crippen molar-refractivity contribution in [3.63, 3.8) is 0 Å². The number of rotatable bonds is 5. The van der Waals surface area contributed by atoms with Gasteiger partial charge in [0, 0.05) is 62.6 Å². The lowest BCUT2D eigenvalue weighted by Crippen LogP contribution is -2.56. The predicted molar refractivity (Wildman–Crippen MR) is 134 cm³/mol. The number of pyridine rings is 1. The summed E-state index contributed by atoms with van der Waals surface area (Å²) in [7, 11) is 5.14. The average Bonchev–Trinajstić information content (AvgIpc) is 3.21. The van der Waals surface area contributed by atoms with Crippen LogP contribution in [-0.2, 0) is 22.0 Å². The SMILES string of the molecule is COCC(=O)N1CCC2(CC1)CN(C(=O)c1ccccn1)[C@@H](CO)c1c2c2ccc(OC)cc2n1C. The number of fused-ring (bicyclic) bond motifs is 4. The molecule has 36 heavy (non-hydrogen) atoms. The maximum atomic E-state index is 13.7. The molecule has 2 aliphatic rings. The molecule has 9 heteroatoms. The molecule has 0 bridgehead atoms. The molecule has 9 nitrogen and oxygen atoms in total. The Morgan fingerprint density at radius 1 is 1.17 bits per heavy atom. The van der Waals surface area contributed by atoms with E-state index in [0.29, 0.717) is 38.2 Å². The highest BCUT2D eigenvalue weighted by atomic mass is 16.5. The molecule has 1 N–H and O–H groups in total. The monoisotopic (exact) mass is 492 g/mol. The number of benzene rings is 1. The smallest absolute Gasteiger partial charge is 0.273 e. The Morgan fingerprint density at radius 3 is 2.58 bits per heavy atom. The van der Waals surface area contributed by atoms with Crippen molar-refractivity contribution < 1.29 is 24.2 Å². The Bertz CT molecular complexity index is 1280.